The van der Waals surface area contributed by atoms with Crippen LogP contribution in [0.1, 0.15) is 42.3 Å². The molecule has 4 aromatic carbocycles. The highest BCUT2D eigenvalue weighted by molar-refractivity contribution is 7.16. The number of likely N-dealkylation sites (N-methyl/N-ethyl adjacent to an activating group) is 2. The van der Waals surface area contributed by atoms with Crippen LogP contribution in [-0.4, -0.2) is 79.9 Å². The quantitative estimate of drug-likeness (QED) is 0.163. The Morgan fingerprint density at radius 3 is 1.90 bits per heavy atom. The third kappa shape index (κ3) is 5.76. The summed E-state index contributed by atoms with van der Waals surface area (Å²) in [5, 5.41) is 17.0. The van der Waals surface area contributed by atoms with Crippen molar-refractivity contribution in [3.63, 3.8) is 0 Å². The Balaban J connectivity index is 1.21. The molecule has 2 aliphatic rings. The van der Waals surface area contributed by atoms with Gasteiger partial charge < -0.3 is 29.9 Å². The van der Waals surface area contributed by atoms with E-state index in [0.717, 1.165) is 38.6 Å². The molecule has 2 N–H and O–H groups in total. The van der Waals surface area contributed by atoms with Crippen molar-refractivity contribution >= 4 is 85.4 Å². The van der Waals surface area contributed by atoms with Crippen molar-refractivity contribution in [2.24, 2.45) is 0 Å². The second-order valence-corrected chi connectivity index (χ2v) is 14.0. The Kier molecular flexibility index (Phi) is 9.15. The van der Waals surface area contributed by atoms with Crippen molar-refractivity contribution in [3.05, 3.63) is 93.7 Å². The Morgan fingerprint density at radius 1 is 0.837 bits per heavy atom. The number of ether oxygens (including phenoxy) is 1. The lowest BCUT2D eigenvalue weighted by Crippen LogP contribution is -2.34. The lowest BCUT2D eigenvalue weighted by Gasteiger charge is -2.20. The number of phenols is 1. The van der Waals surface area contributed by atoms with Gasteiger partial charge in [0.15, 0.2) is 0 Å². The number of benzene rings is 4. The Hall–Kier alpha value is -4.35. The van der Waals surface area contributed by atoms with Gasteiger partial charge in [-0.05, 0) is 41.1 Å². The summed E-state index contributed by atoms with van der Waals surface area (Å²) in [4.78, 5) is 46.8. The van der Waals surface area contributed by atoms with Crippen molar-refractivity contribution in [1.82, 2.24) is 10.2 Å². The molecule has 252 valence electrons. The molecule has 1 aromatic heterocycles. The molecule has 0 fully saturated rings. The average molecular weight is 718 g/mol. The van der Waals surface area contributed by atoms with Crippen LogP contribution in [0, 0.1) is 0 Å². The minimum absolute atomic E-state index is 0.0909. The van der Waals surface area contributed by atoms with Gasteiger partial charge in [-0.3, -0.25) is 9.59 Å². The molecule has 49 heavy (non-hydrogen) atoms. The van der Waals surface area contributed by atoms with Crippen molar-refractivity contribution in [1.29, 1.82) is 0 Å². The Morgan fingerprint density at radius 2 is 1.35 bits per heavy atom. The van der Waals surface area contributed by atoms with Gasteiger partial charge >= 0.3 is 6.09 Å². The Labute approximate surface area is 297 Å². The van der Waals surface area contributed by atoms with Crippen LogP contribution < -0.4 is 19.9 Å². The second-order valence-electron chi connectivity index (χ2n) is 12.3. The van der Waals surface area contributed by atoms with Crippen LogP contribution in [0.15, 0.2) is 72.8 Å². The summed E-state index contributed by atoms with van der Waals surface area (Å²) < 4.78 is 5.90. The molecule has 3 heterocycles. The molecule has 0 aliphatic carbocycles. The van der Waals surface area contributed by atoms with E-state index in [4.69, 9.17) is 27.9 Å². The second kappa shape index (κ2) is 13.5. The van der Waals surface area contributed by atoms with Gasteiger partial charge in [0.05, 0.1) is 21.1 Å². The van der Waals surface area contributed by atoms with Crippen LogP contribution in [-0.2, 0) is 0 Å². The lowest BCUT2D eigenvalue weighted by atomic mass is 9.95. The maximum Gasteiger partial charge on any atom is 0.415 e. The van der Waals surface area contributed by atoms with Crippen molar-refractivity contribution in [3.8, 4) is 11.5 Å². The number of rotatable bonds is 8. The fourth-order valence-corrected chi connectivity index (χ4v) is 8.35. The van der Waals surface area contributed by atoms with E-state index in [9.17, 15) is 19.5 Å². The van der Waals surface area contributed by atoms with E-state index in [1.54, 1.807) is 41.1 Å². The highest BCUT2D eigenvalue weighted by Crippen LogP contribution is 2.48. The molecule has 7 rings (SSSR count). The molecule has 2 atom stereocenters. The third-order valence-electron chi connectivity index (χ3n) is 9.37. The van der Waals surface area contributed by atoms with E-state index in [1.807, 2.05) is 55.6 Å². The molecular weight excluding hydrogens is 683 g/mol. The van der Waals surface area contributed by atoms with Crippen LogP contribution in [0.25, 0.3) is 21.5 Å². The highest BCUT2D eigenvalue weighted by Gasteiger charge is 2.38. The smallest absolute Gasteiger partial charge is 0.415 e. The van der Waals surface area contributed by atoms with Gasteiger partial charge in [-0.25, -0.2) is 4.79 Å². The molecule has 2 aliphatic heterocycles. The number of carbonyl (C=O) groups is 3. The number of hydrogen-bond acceptors (Lipinski definition) is 7. The summed E-state index contributed by atoms with van der Waals surface area (Å²) in [6.45, 7) is 1.77. The van der Waals surface area contributed by atoms with Crippen molar-refractivity contribution in [2.75, 3.05) is 61.8 Å². The van der Waals surface area contributed by atoms with Gasteiger partial charge in [-0.2, -0.15) is 0 Å². The van der Waals surface area contributed by atoms with E-state index < -0.39 is 6.09 Å². The fourth-order valence-electron chi connectivity index (χ4n) is 6.94. The summed E-state index contributed by atoms with van der Waals surface area (Å²) in [6, 6.07) is 21.9. The number of nitrogens with zero attached hydrogens (tertiary/aromatic N) is 3. The number of carbonyl (C=O) groups excluding carboxylic acids is 3. The van der Waals surface area contributed by atoms with Gasteiger partial charge in [0, 0.05) is 79.7 Å². The van der Waals surface area contributed by atoms with Crippen molar-refractivity contribution < 1.29 is 24.2 Å². The van der Waals surface area contributed by atoms with E-state index >= 15 is 0 Å². The van der Waals surface area contributed by atoms with Gasteiger partial charge in [0.2, 0.25) is 0 Å². The number of aromatic hydroxyl groups is 1. The summed E-state index contributed by atoms with van der Waals surface area (Å²) >= 11 is 14.0. The van der Waals surface area contributed by atoms with E-state index in [1.165, 1.54) is 4.90 Å². The topological polar surface area (TPSA) is 102 Å². The number of phenolic OH excluding ortho intramolecular Hbond substituents is 1. The number of alkyl halides is 2. The minimum atomic E-state index is -0.507. The van der Waals surface area contributed by atoms with Gasteiger partial charge in [-0.1, -0.05) is 48.5 Å². The predicted molar refractivity (Wildman–Crippen MR) is 197 cm³/mol. The average Bonchev–Trinajstić information content (AvgIpc) is 3.86. The molecule has 0 spiro atoms. The summed E-state index contributed by atoms with van der Waals surface area (Å²) in [5.74, 6) is 0.243. The number of thiophene rings is 1. The molecule has 0 unspecified atom stereocenters. The first kappa shape index (κ1) is 33.2. The maximum atomic E-state index is 14.2. The molecule has 3 amide bonds. The molecule has 12 heteroatoms. The molecule has 9 nitrogen and oxygen atoms in total. The van der Waals surface area contributed by atoms with Crippen LogP contribution in [0.4, 0.5) is 16.2 Å². The third-order valence-corrected chi connectivity index (χ3v) is 11.2. The number of fused-ring (bicyclic) bond motifs is 6. The molecule has 0 radical (unpaired) electrons. The zero-order valence-electron chi connectivity index (χ0n) is 26.9. The first-order valence-corrected chi connectivity index (χ1v) is 17.9. The molecular formula is C37H34Cl2N4O5S. The molecule has 0 saturated heterocycles. The first-order valence-electron chi connectivity index (χ1n) is 16.0. The standard InChI is InChI=1S/C37H34Cl2N4O5S/c1-40-13-14-41(2)37(47)48-30-16-28-34(26-10-6-4-8-24(26)30)22(18-39)20-43(28)36(46)32-12-11-31(49-32)35(45)42-19-21(17-38)33-25-9-5-3-7-23(25)29(44)15-27(33)42/h3-12,15-16,21-22,40,44H,13-14,17-20H2,1-2H3/t21-,22-/m1/s1. The summed E-state index contributed by atoms with van der Waals surface area (Å²) in [5.41, 5.74) is 3.10. The number of halogens is 2. The predicted octanol–water partition coefficient (Wildman–Crippen LogP) is 7.38. The normalized spacial score (nSPS) is 16.7. The van der Waals surface area contributed by atoms with Crippen molar-refractivity contribution in [2.45, 2.75) is 11.8 Å². The van der Waals surface area contributed by atoms with Crippen LogP contribution >= 0.6 is 34.5 Å². The lowest BCUT2D eigenvalue weighted by molar-refractivity contribution is 0.0986. The summed E-state index contributed by atoms with van der Waals surface area (Å²) in [7, 11) is 3.49. The van der Waals surface area contributed by atoms with Crippen LogP contribution in [0.5, 0.6) is 11.5 Å². The number of hydrogen-bond donors (Lipinski definition) is 2. The van der Waals surface area contributed by atoms with E-state index in [0.29, 0.717) is 70.2 Å². The van der Waals surface area contributed by atoms with Crippen LogP contribution in [0.3, 0.4) is 0 Å². The van der Waals surface area contributed by atoms with Gasteiger partial charge in [0.1, 0.15) is 11.5 Å². The zero-order valence-corrected chi connectivity index (χ0v) is 29.2. The van der Waals surface area contributed by atoms with E-state index in [-0.39, 0.29) is 29.4 Å². The van der Waals surface area contributed by atoms with Gasteiger partial charge in [-0.15, -0.1) is 34.5 Å². The van der Waals surface area contributed by atoms with E-state index in [2.05, 4.69) is 5.32 Å². The van der Waals surface area contributed by atoms with Crippen LogP contribution in [0.2, 0.25) is 0 Å². The molecule has 5 aromatic rings. The fraction of sp³-hybridized carbons (Fsp3) is 0.270. The zero-order chi connectivity index (χ0) is 34.4. The maximum absolute atomic E-state index is 14.2. The highest BCUT2D eigenvalue weighted by atomic mass is 35.5. The molecule has 0 bridgehead atoms. The number of amides is 3. The SMILES string of the molecule is CNCCN(C)C(=O)Oc1cc2c(c3ccccc13)[C@H](CCl)CN2C(=O)c1ccc(C(=O)N2C[C@@H](CCl)c3c2cc(O)c2ccccc32)s1. The largest absolute Gasteiger partial charge is 0.507 e. The first-order chi connectivity index (χ1) is 23.7. The minimum Gasteiger partial charge on any atom is -0.507 e. The van der Waals surface area contributed by atoms with Gasteiger partial charge in [0.25, 0.3) is 11.8 Å². The Bertz CT molecular complexity index is 2120. The number of nitrogens with one attached hydrogen (secondary N) is 1. The monoisotopic (exact) mass is 716 g/mol. The summed E-state index contributed by atoms with van der Waals surface area (Å²) in [6.07, 6.45) is -0.507. The molecule has 0 saturated carbocycles. The number of anilines is 2.